The quantitative estimate of drug-likeness (QED) is 0.693. The zero-order valence-corrected chi connectivity index (χ0v) is 13.3. The summed E-state index contributed by atoms with van der Waals surface area (Å²) in [6.07, 6.45) is 19.4. The molecule has 1 aliphatic carbocycles. The van der Waals surface area contributed by atoms with Crippen LogP contribution in [0.3, 0.4) is 0 Å². The number of anilines is 1. The van der Waals surface area contributed by atoms with Crippen molar-refractivity contribution in [3.8, 4) is 0 Å². The predicted molar refractivity (Wildman–Crippen MR) is 93.5 cm³/mol. The van der Waals surface area contributed by atoms with Crippen LogP contribution >= 0.6 is 0 Å². The van der Waals surface area contributed by atoms with E-state index < -0.39 is 0 Å². The summed E-state index contributed by atoms with van der Waals surface area (Å²) in [6.45, 7) is 6.74. The molecule has 0 amide bonds. The number of rotatable bonds is 7. The van der Waals surface area contributed by atoms with Gasteiger partial charge >= 0.3 is 0 Å². The molecule has 21 heavy (non-hydrogen) atoms. The van der Waals surface area contributed by atoms with Crippen molar-refractivity contribution >= 4 is 17.8 Å². The molecule has 2 rings (SSSR count). The highest BCUT2D eigenvalue weighted by molar-refractivity contribution is 5.68. The fourth-order valence-corrected chi connectivity index (χ4v) is 2.43. The molecule has 0 N–H and O–H groups in total. The van der Waals surface area contributed by atoms with Crippen molar-refractivity contribution < 1.29 is 0 Å². The largest absolute Gasteiger partial charge is 0.370 e. The average molecular weight is 282 g/mol. The van der Waals surface area contributed by atoms with Gasteiger partial charge in [-0.1, -0.05) is 57.1 Å². The van der Waals surface area contributed by atoms with Gasteiger partial charge in [-0.2, -0.15) is 0 Å². The average Bonchev–Trinajstić information content (AvgIpc) is 2.48. The molecule has 1 aromatic heterocycles. The minimum atomic E-state index is 1.05. The highest BCUT2D eigenvalue weighted by atomic mass is 15.1. The zero-order valence-electron chi connectivity index (χ0n) is 13.3. The van der Waals surface area contributed by atoms with Gasteiger partial charge in [0.25, 0.3) is 0 Å². The summed E-state index contributed by atoms with van der Waals surface area (Å²) in [5.41, 5.74) is 3.50. The molecule has 1 aliphatic rings. The second kappa shape index (κ2) is 8.46. The first-order valence-corrected chi connectivity index (χ1v) is 8.11. The monoisotopic (exact) mass is 282 g/mol. The third-order valence-corrected chi connectivity index (χ3v) is 3.73. The summed E-state index contributed by atoms with van der Waals surface area (Å²) < 4.78 is 0. The Balaban J connectivity index is 2.23. The molecule has 2 nitrogen and oxygen atoms in total. The normalized spacial score (nSPS) is 12.9. The molecule has 2 heteroatoms. The SMILES string of the molecule is CCCCN(CCCC)c1cnc2c(c1)C=CC=CC=C2. The van der Waals surface area contributed by atoms with Gasteiger partial charge in [-0.25, -0.2) is 0 Å². The topological polar surface area (TPSA) is 16.1 Å². The zero-order chi connectivity index (χ0) is 14.9. The van der Waals surface area contributed by atoms with Crippen LogP contribution < -0.4 is 4.90 Å². The number of nitrogens with zero attached hydrogens (tertiary/aromatic N) is 2. The van der Waals surface area contributed by atoms with E-state index in [2.05, 4.69) is 54.1 Å². The van der Waals surface area contributed by atoms with Gasteiger partial charge in [0.05, 0.1) is 17.6 Å². The molecule has 0 saturated heterocycles. The Morgan fingerprint density at radius 3 is 2.24 bits per heavy atom. The van der Waals surface area contributed by atoms with Crippen LogP contribution in [0.15, 0.2) is 36.6 Å². The molecule has 112 valence electrons. The van der Waals surface area contributed by atoms with Gasteiger partial charge in [0.15, 0.2) is 0 Å². The molecule has 0 unspecified atom stereocenters. The lowest BCUT2D eigenvalue weighted by Crippen LogP contribution is -2.25. The van der Waals surface area contributed by atoms with Gasteiger partial charge in [0, 0.05) is 18.7 Å². The van der Waals surface area contributed by atoms with Crippen LogP contribution in [0.1, 0.15) is 50.8 Å². The number of hydrogen-bond acceptors (Lipinski definition) is 2. The van der Waals surface area contributed by atoms with E-state index in [-0.39, 0.29) is 0 Å². The van der Waals surface area contributed by atoms with Gasteiger partial charge < -0.3 is 4.90 Å². The van der Waals surface area contributed by atoms with Crippen LogP contribution in [-0.2, 0) is 0 Å². The highest BCUT2D eigenvalue weighted by Crippen LogP contribution is 2.21. The summed E-state index contributed by atoms with van der Waals surface area (Å²) in [5.74, 6) is 0. The van der Waals surface area contributed by atoms with Crippen molar-refractivity contribution in [3.05, 3.63) is 47.8 Å². The fourth-order valence-electron chi connectivity index (χ4n) is 2.43. The highest BCUT2D eigenvalue weighted by Gasteiger charge is 2.08. The van der Waals surface area contributed by atoms with E-state index in [0.29, 0.717) is 0 Å². The molecule has 0 saturated carbocycles. The Labute approximate surface area is 128 Å². The number of fused-ring (bicyclic) bond motifs is 1. The lowest BCUT2D eigenvalue weighted by atomic mass is 10.1. The van der Waals surface area contributed by atoms with Crippen molar-refractivity contribution in [2.24, 2.45) is 0 Å². The van der Waals surface area contributed by atoms with E-state index in [1.807, 2.05) is 18.3 Å². The minimum absolute atomic E-state index is 1.05. The number of allylic oxidation sites excluding steroid dienone is 4. The van der Waals surface area contributed by atoms with Crippen molar-refractivity contribution in [2.75, 3.05) is 18.0 Å². The second-order valence-electron chi connectivity index (χ2n) is 5.47. The molecular formula is C19H26N2. The summed E-state index contributed by atoms with van der Waals surface area (Å²) >= 11 is 0. The third kappa shape index (κ3) is 4.59. The van der Waals surface area contributed by atoms with Crippen molar-refractivity contribution in [2.45, 2.75) is 39.5 Å². The first-order chi connectivity index (χ1) is 10.3. The predicted octanol–water partition coefficient (Wildman–Crippen LogP) is 5.08. The van der Waals surface area contributed by atoms with Crippen molar-refractivity contribution in [1.82, 2.24) is 4.98 Å². The van der Waals surface area contributed by atoms with Gasteiger partial charge in [0.1, 0.15) is 0 Å². The summed E-state index contributed by atoms with van der Waals surface area (Å²) in [6, 6.07) is 2.27. The van der Waals surface area contributed by atoms with Crippen LogP contribution in [0, 0.1) is 0 Å². The lowest BCUT2D eigenvalue weighted by molar-refractivity contribution is 0.677. The Kier molecular flexibility index (Phi) is 6.26. The molecule has 1 aromatic rings. The molecule has 0 aromatic carbocycles. The molecule has 0 fully saturated rings. The van der Waals surface area contributed by atoms with E-state index in [1.165, 1.54) is 36.9 Å². The maximum absolute atomic E-state index is 4.64. The van der Waals surface area contributed by atoms with E-state index in [4.69, 9.17) is 0 Å². The molecule has 0 aliphatic heterocycles. The van der Waals surface area contributed by atoms with E-state index in [9.17, 15) is 0 Å². The van der Waals surface area contributed by atoms with E-state index >= 15 is 0 Å². The molecule has 0 spiro atoms. The van der Waals surface area contributed by atoms with Gasteiger partial charge in [-0.3, -0.25) is 4.98 Å². The molecular weight excluding hydrogens is 256 g/mol. The Morgan fingerprint density at radius 2 is 1.57 bits per heavy atom. The van der Waals surface area contributed by atoms with Crippen LogP contribution in [0.5, 0.6) is 0 Å². The summed E-state index contributed by atoms with van der Waals surface area (Å²) in [4.78, 5) is 7.12. The van der Waals surface area contributed by atoms with Gasteiger partial charge in [-0.15, -0.1) is 0 Å². The molecule has 1 heterocycles. The standard InChI is InChI=1S/C19H26N2/c1-3-5-13-21(14-6-4-2)18-15-17-11-9-7-8-10-12-19(17)20-16-18/h7-12,15-16H,3-6,13-14H2,1-2H3. The van der Waals surface area contributed by atoms with Gasteiger partial charge in [0.2, 0.25) is 0 Å². The Morgan fingerprint density at radius 1 is 0.905 bits per heavy atom. The van der Waals surface area contributed by atoms with Gasteiger partial charge in [-0.05, 0) is 25.0 Å². The van der Waals surface area contributed by atoms with Crippen LogP contribution in [0.25, 0.3) is 12.2 Å². The first kappa shape index (κ1) is 15.6. The third-order valence-electron chi connectivity index (χ3n) is 3.73. The molecule has 0 atom stereocenters. The van der Waals surface area contributed by atoms with Crippen LogP contribution in [0.2, 0.25) is 0 Å². The second-order valence-corrected chi connectivity index (χ2v) is 5.47. The number of pyridine rings is 1. The fraction of sp³-hybridized carbons (Fsp3) is 0.421. The molecule has 0 bridgehead atoms. The van der Waals surface area contributed by atoms with Crippen molar-refractivity contribution in [1.29, 1.82) is 0 Å². The molecule has 0 radical (unpaired) electrons. The maximum Gasteiger partial charge on any atom is 0.0703 e. The smallest absolute Gasteiger partial charge is 0.0703 e. The lowest BCUT2D eigenvalue weighted by Gasteiger charge is -2.25. The van der Waals surface area contributed by atoms with E-state index in [1.54, 1.807) is 0 Å². The van der Waals surface area contributed by atoms with E-state index in [0.717, 1.165) is 18.8 Å². The Hall–Kier alpha value is -1.83. The number of aromatic nitrogens is 1. The number of hydrogen-bond donors (Lipinski definition) is 0. The van der Waals surface area contributed by atoms with Crippen molar-refractivity contribution in [3.63, 3.8) is 0 Å². The summed E-state index contributed by atoms with van der Waals surface area (Å²) in [5, 5.41) is 0. The Bertz CT molecular complexity index is 518. The summed E-state index contributed by atoms with van der Waals surface area (Å²) in [7, 11) is 0. The number of unbranched alkanes of at least 4 members (excludes halogenated alkanes) is 2. The minimum Gasteiger partial charge on any atom is -0.370 e. The first-order valence-electron chi connectivity index (χ1n) is 8.11. The van der Waals surface area contributed by atoms with Crippen LogP contribution in [0.4, 0.5) is 5.69 Å². The maximum atomic E-state index is 4.64. The van der Waals surface area contributed by atoms with Crippen LogP contribution in [-0.4, -0.2) is 18.1 Å².